The van der Waals surface area contributed by atoms with Gasteiger partial charge < -0.3 is 0 Å². The van der Waals surface area contributed by atoms with E-state index in [1.807, 2.05) is 0 Å². The molecule has 154 valence electrons. The van der Waals surface area contributed by atoms with Gasteiger partial charge in [0.05, 0.1) is 5.41 Å². The summed E-state index contributed by atoms with van der Waals surface area (Å²) in [4.78, 5) is 0. The van der Waals surface area contributed by atoms with Crippen molar-refractivity contribution in [3.05, 3.63) is 131 Å². The third-order valence-corrected chi connectivity index (χ3v) is 7.22. The molecule has 0 aliphatic heterocycles. The van der Waals surface area contributed by atoms with E-state index in [1.54, 1.807) is 6.07 Å². The molecule has 0 saturated heterocycles. The summed E-state index contributed by atoms with van der Waals surface area (Å²) < 4.78 is 0. The molecule has 5 aromatic rings. The Hall–Kier alpha value is -3.64. The van der Waals surface area contributed by atoms with Crippen LogP contribution in [0.1, 0.15) is 22.3 Å². The summed E-state index contributed by atoms with van der Waals surface area (Å²) in [5.74, 6) is 0. The molecule has 0 nitrogen and oxygen atoms in total. The molecule has 1 aliphatic rings. The molecule has 0 bridgehead atoms. The lowest BCUT2D eigenvalue weighted by molar-refractivity contribution is 0.769. The molecule has 0 saturated carbocycles. The van der Waals surface area contributed by atoms with E-state index in [4.69, 9.17) is 31.4 Å². The topological polar surface area (TPSA) is 0 Å². The molecular weight excluding hydrogens is 416 g/mol. The third-order valence-electron chi connectivity index (χ3n) is 7.22. The van der Waals surface area contributed by atoms with Crippen LogP contribution in [0.5, 0.6) is 0 Å². The molecule has 5 aromatic carbocycles. The minimum absolute atomic E-state index is 0.424. The molecule has 0 N–H and O–H groups in total. The van der Waals surface area contributed by atoms with Crippen molar-refractivity contribution in [3.63, 3.8) is 0 Å². The maximum Gasteiger partial charge on any atom is 0.113 e. The zero-order chi connectivity index (χ0) is 24.2. The molecule has 35 heavy (non-hydrogen) atoms. The predicted molar refractivity (Wildman–Crippen MR) is 151 cm³/mol. The molecule has 0 fully saturated rings. The Balaban J connectivity index is 1.75. The van der Waals surface area contributed by atoms with Crippen molar-refractivity contribution in [2.45, 2.75) is 5.41 Å². The fourth-order valence-corrected chi connectivity index (χ4v) is 5.67. The van der Waals surface area contributed by atoms with Gasteiger partial charge in [-0.15, -0.1) is 10.9 Å². The lowest BCUT2D eigenvalue weighted by Crippen LogP contribution is -2.41. The molecular formula is C31H18B4. The average molecular weight is 434 g/mol. The highest BCUT2D eigenvalue weighted by Crippen LogP contribution is 2.56. The minimum atomic E-state index is -0.500. The van der Waals surface area contributed by atoms with Crippen LogP contribution in [-0.4, -0.2) is 31.4 Å². The molecule has 6 rings (SSSR count). The first-order valence-corrected chi connectivity index (χ1v) is 11.6. The number of hydrogen-bond acceptors (Lipinski definition) is 0. The van der Waals surface area contributed by atoms with Gasteiger partial charge in [-0.3, -0.25) is 0 Å². The Bertz CT molecular complexity index is 1510. The highest BCUT2D eigenvalue weighted by molar-refractivity contribution is 6.59. The van der Waals surface area contributed by atoms with Crippen LogP contribution < -0.4 is 21.9 Å². The molecule has 8 radical (unpaired) electrons. The van der Waals surface area contributed by atoms with Crippen LogP contribution in [0.25, 0.3) is 22.3 Å². The van der Waals surface area contributed by atoms with Gasteiger partial charge in [-0.25, -0.2) is 0 Å². The SMILES string of the molecule is [B]c1cc([B])c([B])c(-c2ccc3c(c2)C(c2ccccc2)(c2ccccc2)c2ccccc2-3)c1[B]. The standard InChI is InChI=1S/C31H18B4/c32-26-18-27(33)30(35)28(29(26)34)19-15-16-23-22-13-7-8-14-24(22)31(25(23)17-19,20-9-3-1-4-10-20)21-11-5-2-6-12-21/h1-18H. The maximum atomic E-state index is 6.44. The van der Waals surface area contributed by atoms with Crippen LogP contribution in [0, 0.1) is 0 Å². The second-order valence-corrected chi connectivity index (χ2v) is 9.05. The summed E-state index contributed by atoms with van der Waals surface area (Å²) in [6, 6.07) is 38.0. The second kappa shape index (κ2) is 8.24. The zero-order valence-electron chi connectivity index (χ0n) is 19.2. The number of rotatable bonds is 3. The van der Waals surface area contributed by atoms with Crippen molar-refractivity contribution in [2.75, 3.05) is 0 Å². The van der Waals surface area contributed by atoms with Gasteiger partial charge in [0.1, 0.15) is 31.4 Å². The summed E-state index contributed by atoms with van der Waals surface area (Å²) in [7, 11) is 25.3. The van der Waals surface area contributed by atoms with Gasteiger partial charge in [-0.05, 0) is 50.6 Å². The molecule has 0 aromatic heterocycles. The first-order chi connectivity index (χ1) is 17.0. The van der Waals surface area contributed by atoms with E-state index in [9.17, 15) is 0 Å². The van der Waals surface area contributed by atoms with E-state index < -0.39 is 5.41 Å². The van der Waals surface area contributed by atoms with E-state index in [1.165, 1.54) is 33.4 Å². The first kappa shape index (κ1) is 21.9. The Morgan fingerprint density at radius 1 is 0.457 bits per heavy atom. The maximum absolute atomic E-state index is 6.44. The lowest BCUT2D eigenvalue weighted by Gasteiger charge is -2.34. The van der Waals surface area contributed by atoms with Gasteiger partial charge in [-0.1, -0.05) is 114 Å². The average Bonchev–Trinajstić information content (AvgIpc) is 3.19. The Kier molecular flexibility index (Phi) is 5.15. The van der Waals surface area contributed by atoms with Crippen LogP contribution in [0.2, 0.25) is 0 Å². The van der Waals surface area contributed by atoms with Gasteiger partial charge in [-0.2, -0.15) is 0 Å². The van der Waals surface area contributed by atoms with Crippen LogP contribution in [-0.2, 0) is 5.41 Å². The second-order valence-electron chi connectivity index (χ2n) is 9.05. The van der Waals surface area contributed by atoms with Crippen LogP contribution in [0.15, 0.2) is 109 Å². The number of benzene rings is 5. The highest BCUT2D eigenvalue weighted by Gasteiger charge is 2.46. The summed E-state index contributed by atoms with van der Waals surface area (Å²) in [6.45, 7) is 0. The van der Waals surface area contributed by atoms with E-state index >= 15 is 0 Å². The summed E-state index contributed by atoms with van der Waals surface area (Å²) in [5.41, 5.74) is 10.0. The molecule has 0 amide bonds. The fraction of sp³-hybridized carbons (Fsp3) is 0.0323. The van der Waals surface area contributed by atoms with E-state index in [2.05, 4.69) is 103 Å². The van der Waals surface area contributed by atoms with Gasteiger partial charge >= 0.3 is 0 Å². The molecule has 0 spiro atoms. The molecule has 0 heterocycles. The third kappa shape index (κ3) is 3.13. The Labute approximate surface area is 212 Å². The van der Waals surface area contributed by atoms with Crippen molar-refractivity contribution < 1.29 is 0 Å². The summed E-state index contributed by atoms with van der Waals surface area (Å²) >= 11 is 0. The smallest absolute Gasteiger partial charge is 0.104 e. The van der Waals surface area contributed by atoms with E-state index in [0.29, 0.717) is 27.4 Å². The fourth-order valence-electron chi connectivity index (χ4n) is 5.67. The first-order valence-electron chi connectivity index (χ1n) is 11.6. The molecule has 4 heteroatoms. The molecule has 1 aliphatic carbocycles. The van der Waals surface area contributed by atoms with Crippen LogP contribution in [0.3, 0.4) is 0 Å². The van der Waals surface area contributed by atoms with Gasteiger partial charge in [0, 0.05) is 0 Å². The largest absolute Gasteiger partial charge is 0.113 e. The quantitative estimate of drug-likeness (QED) is 0.377. The van der Waals surface area contributed by atoms with Gasteiger partial charge in [0.25, 0.3) is 0 Å². The summed E-state index contributed by atoms with van der Waals surface area (Å²) in [5, 5.41) is 0. The van der Waals surface area contributed by atoms with Crippen molar-refractivity contribution in [1.29, 1.82) is 0 Å². The summed E-state index contributed by atoms with van der Waals surface area (Å²) in [6.07, 6.45) is 0. The Morgan fingerprint density at radius 3 is 1.57 bits per heavy atom. The monoisotopic (exact) mass is 434 g/mol. The Morgan fingerprint density at radius 2 is 0.971 bits per heavy atom. The van der Waals surface area contributed by atoms with Gasteiger partial charge in [0.2, 0.25) is 0 Å². The predicted octanol–water partition coefficient (Wildman–Crippen LogP) is 2.89. The zero-order valence-corrected chi connectivity index (χ0v) is 19.2. The highest BCUT2D eigenvalue weighted by atomic mass is 14.5. The molecule has 0 atom stereocenters. The minimum Gasteiger partial charge on any atom is -0.104 e. The lowest BCUT2D eigenvalue weighted by atomic mass is 9.65. The van der Waals surface area contributed by atoms with Gasteiger partial charge in [0.15, 0.2) is 0 Å². The van der Waals surface area contributed by atoms with Crippen molar-refractivity contribution in [3.8, 4) is 22.3 Å². The normalized spacial score (nSPS) is 13.3. The number of hydrogen-bond donors (Lipinski definition) is 0. The van der Waals surface area contributed by atoms with Crippen LogP contribution in [0.4, 0.5) is 0 Å². The van der Waals surface area contributed by atoms with Crippen molar-refractivity contribution >= 4 is 53.2 Å². The van der Waals surface area contributed by atoms with Crippen molar-refractivity contribution in [1.82, 2.24) is 0 Å². The molecule has 0 unspecified atom stereocenters. The van der Waals surface area contributed by atoms with Crippen molar-refractivity contribution in [2.24, 2.45) is 0 Å². The number of fused-ring (bicyclic) bond motifs is 3. The van der Waals surface area contributed by atoms with Crippen LogP contribution >= 0.6 is 0 Å². The van der Waals surface area contributed by atoms with E-state index in [0.717, 1.165) is 5.56 Å². The van der Waals surface area contributed by atoms with E-state index in [-0.39, 0.29) is 0 Å².